The number of carbonyl (C=O) groups excluding carboxylic acids is 2. The van der Waals surface area contributed by atoms with Crippen LogP contribution in [0.5, 0.6) is 0 Å². The van der Waals surface area contributed by atoms with Crippen molar-refractivity contribution in [3.63, 3.8) is 0 Å². The van der Waals surface area contributed by atoms with Gasteiger partial charge in [-0.15, -0.1) is 0 Å². The highest BCUT2D eigenvalue weighted by atomic mass is 16.4. The van der Waals surface area contributed by atoms with Crippen LogP contribution in [0.4, 0.5) is 10.5 Å². The van der Waals surface area contributed by atoms with E-state index in [9.17, 15) is 14.4 Å². The first-order chi connectivity index (χ1) is 11.4. The number of urea groups is 1. The third kappa shape index (κ3) is 4.71. The number of carboxylic acid groups (broad SMARTS) is 1. The third-order valence-electron chi connectivity index (χ3n) is 3.87. The van der Waals surface area contributed by atoms with Gasteiger partial charge in [0.25, 0.3) is 5.91 Å². The van der Waals surface area contributed by atoms with Gasteiger partial charge in [0.15, 0.2) is 0 Å². The second-order valence-corrected chi connectivity index (χ2v) is 6.26. The van der Waals surface area contributed by atoms with Crippen LogP contribution < -0.4 is 10.6 Å². The molecular weight excluding hydrogens is 310 g/mol. The van der Waals surface area contributed by atoms with Gasteiger partial charge in [-0.1, -0.05) is 0 Å². The Hall–Kier alpha value is -2.57. The van der Waals surface area contributed by atoms with E-state index in [1.807, 2.05) is 13.8 Å². The average molecular weight is 333 g/mol. The molecule has 1 fully saturated rings. The highest BCUT2D eigenvalue weighted by Gasteiger charge is 2.28. The minimum absolute atomic E-state index is 0.0344. The first kappa shape index (κ1) is 17.8. The molecule has 1 saturated heterocycles. The van der Waals surface area contributed by atoms with E-state index in [2.05, 4.69) is 10.6 Å². The van der Waals surface area contributed by atoms with Crippen LogP contribution in [0.3, 0.4) is 0 Å². The normalized spacial score (nSPS) is 17.5. The van der Waals surface area contributed by atoms with E-state index >= 15 is 0 Å². The molecule has 0 spiro atoms. The summed E-state index contributed by atoms with van der Waals surface area (Å²) in [7, 11) is 0. The van der Waals surface area contributed by atoms with Crippen molar-refractivity contribution >= 4 is 23.6 Å². The van der Waals surface area contributed by atoms with Crippen molar-refractivity contribution in [2.24, 2.45) is 5.92 Å². The number of carbonyl (C=O) groups is 3. The number of likely N-dealkylation sites (tertiary alicyclic amines) is 1. The smallest absolute Gasteiger partial charge is 0.319 e. The molecule has 1 unspecified atom stereocenters. The third-order valence-corrected chi connectivity index (χ3v) is 3.87. The molecule has 1 heterocycles. The minimum atomic E-state index is -0.858. The van der Waals surface area contributed by atoms with E-state index in [1.54, 1.807) is 29.2 Å². The number of nitrogens with zero attached hydrogens (tertiary/aromatic N) is 1. The molecule has 3 N–H and O–H groups in total. The van der Waals surface area contributed by atoms with Crippen molar-refractivity contribution < 1.29 is 19.5 Å². The lowest BCUT2D eigenvalue weighted by atomic mass is 9.97. The van der Waals surface area contributed by atoms with Crippen LogP contribution in [0.25, 0.3) is 0 Å². The van der Waals surface area contributed by atoms with Gasteiger partial charge in [0, 0.05) is 30.4 Å². The monoisotopic (exact) mass is 333 g/mol. The van der Waals surface area contributed by atoms with Crippen LogP contribution in [-0.2, 0) is 4.79 Å². The van der Waals surface area contributed by atoms with E-state index in [0.29, 0.717) is 30.6 Å². The number of piperidine rings is 1. The maximum absolute atomic E-state index is 12.5. The topological polar surface area (TPSA) is 98.7 Å². The first-order valence-electron chi connectivity index (χ1n) is 8.06. The molecule has 1 aromatic carbocycles. The molecule has 130 valence electrons. The van der Waals surface area contributed by atoms with E-state index in [1.165, 1.54) is 0 Å². The van der Waals surface area contributed by atoms with Crippen LogP contribution in [0.15, 0.2) is 24.3 Å². The Morgan fingerprint density at radius 2 is 1.88 bits per heavy atom. The Kier molecular flexibility index (Phi) is 5.78. The number of anilines is 1. The number of amides is 3. The van der Waals surface area contributed by atoms with Gasteiger partial charge in [-0.25, -0.2) is 4.79 Å². The number of benzene rings is 1. The van der Waals surface area contributed by atoms with Gasteiger partial charge >= 0.3 is 12.0 Å². The summed E-state index contributed by atoms with van der Waals surface area (Å²) in [6.07, 6.45) is 1.30. The number of rotatable bonds is 4. The molecular formula is C17H23N3O4. The van der Waals surface area contributed by atoms with Crippen molar-refractivity contribution in [3.8, 4) is 0 Å². The maximum Gasteiger partial charge on any atom is 0.319 e. The van der Waals surface area contributed by atoms with E-state index in [-0.39, 0.29) is 24.5 Å². The Morgan fingerprint density at radius 1 is 1.21 bits per heavy atom. The number of carboxylic acids is 1. The average Bonchev–Trinajstić information content (AvgIpc) is 2.54. The predicted molar refractivity (Wildman–Crippen MR) is 90.0 cm³/mol. The molecule has 3 amide bonds. The lowest BCUT2D eigenvalue weighted by molar-refractivity contribution is -0.143. The van der Waals surface area contributed by atoms with Crippen molar-refractivity contribution in [1.82, 2.24) is 10.2 Å². The molecule has 7 heteroatoms. The van der Waals surface area contributed by atoms with Crippen molar-refractivity contribution in [2.45, 2.75) is 32.7 Å². The summed E-state index contributed by atoms with van der Waals surface area (Å²) in [5, 5.41) is 14.5. The number of hydrogen-bond donors (Lipinski definition) is 3. The second kappa shape index (κ2) is 7.81. The van der Waals surface area contributed by atoms with Gasteiger partial charge in [0.1, 0.15) is 0 Å². The van der Waals surface area contributed by atoms with Gasteiger partial charge in [0.05, 0.1) is 5.92 Å². The molecule has 0 aromatic heterocycles. The Labute approximate surface area is 141 Å². The Morgan fingerprint density at radius 3 is 2.46 bits per heavy atom. The van der Waals surface area contributed by atoms with Crippen LogP contribution in [-0.4, -0.2) is 47.0 Å². The molecule has 7 nitrogen and oxygen atoms in total. The van der Waals surface area contributed by atoms with Crippen LogP contribution >= 0.6 is 0 Å². The van der Waals surface area contributed by atoms with Gasteiger partial charge in [-0.2, -0.15) is 0 Å². The zero-order valence-electron chi connectivity index (χ0n) is 13.9. The highest BCUT2D eigenvalue weighted by Crippen LogP contribution is 2.19. The molecule has 2 rings (SSSR count). The molecule has 1 atom stereocenters. The summed E-state index contributed by atoms with van der Waals surface area (Å²) < 4.78 is 0. The fourth-order valence-electron chi connectivity index (χ4n) is 2.67. The van der Waals surface area contributed by atoms with E-state index in [4.69, 9.17) is 5.11 Å². The lowest BCUT2D eigenvalue weighted by Crippen LogP contribution is -2.42. The molecule has 1 aromatic rings. The molecule has 0 saturated carbocycles. The molecule has 1 aliphatic heterocycles. The maximum atomic E-state index is 12.5. The van der Waals surface area contributed by atoms with E-state index < -0.39 is 11.9 Å². The number of aliphatic carboxylic acids is 1. The second-order valence-electron chi connectivity index (χ2n) is 6.26. The lowest BCUT2D eigenvalue weighted by Gasteiger charge is -2.30. The molecule has 0 aliphatic carbocycles. The summed E-state index contributed by atoms with van der Waals surface area (Å²) in [5.41, 5.74) is 1.07. The van der Waals surface area contributed by atoms with Crippen molar-refractivity contribution in [3.05, 3.63) is 29.8 Å². The van der Waals surface area contributed by atoms with Crippen molar-refractivity contribution in [2.75, 3.05) is 18.4 Å². The first-order valence-corrected chi connectivity index (χ1v) is 8.06. The quantitative estimate of drug-likeness (QED) is 0.786. The summed E-state index contributed by atoms with van der Waals surface area (Å²) in [5.74, 6) is -1.54. The largest absolute Gasteiger partial charge is 0.481 e. The van der Waals surface area contributed by atoms with Crippen molar-refractivity contribution in [1.29, 1.82) is 0 Å². The Bertz CT molecular complexity index is 613. The summed E-state index contributed by atoms with van der Waals surface area (Å²) >= 11 is 0. The minimum Gasteiger partial charge on any atom is -0.481 e. The number of hydrogen-bond acceptors (Lipinski definition) is 3. The van der Waals surface area contributed by atoms with Crippen LogP contribution in [0, 0.1) is 5.92 Å². The highest BCUT2D eigenvalue weighted by molar-refractivity contribution is 5.96. The van der Waals surface area contributed by atoms with Gasteiger partial charge in [-0.3, -0.25) is 9.59 Å². The standard InChI is InChI=1S/C17H23N3O4/c1-11(2)18-17(24)19-14-7-5-12(6-8-14)15(21)20-9-3-4-13(10-20)16(22)23/h5-8,11,13H,3-4,9-10H2,1-2H3,(H,22,23)(H2,18,19,24). The Balaban J connectivity index is 1.98. The zero-order valence-corrected chi connectivity index (χ0v) is 13.9. The summed E-state index contributed by atoms with van der Waals surface area (Å²) in [6, 6.07) is 6.32. The summed E-state index contributed by atoms with van der Waals surface area (Å²) in [6.45, 7) is 4.54. The van der Waals surface area contributed by atoms with Gasteiger partial charge < -0.3 is 20.6 Å². The number of nitrogens with one attached hydrogen (secondary N) is 2. The van der Waals surface area contributed by atoms with E-state index in [0.717, 1.165) is 0 Å². The van der Waals surface area contributed by atoms with Gasteiger partial charge in [-0.05, 0) is 51.0 Å². The zero-order chi connectivity index (χ0) is 17.7. The predicted octanol–water partition coefficient (Wildman–Crippen LogP) is 2.15. The molecule has 0 radical (unpaired) electrons. The van der Waals surface area contributed by atoms with Crippen LogP contribution in [0.1, 0.15) is 37.0 Å². The molecule has 1 aliphatic rings. The molecule has 0 bridgehead atoms. The SMILES string of the molecule is CC(C)NC(=O)Nc1ccc(C(=O)N2CCCC(C(=O)O)C2)cc1. The fourth-order valence-corrected chi connectivity index (χ4v) is 2.67. The fraction of sp³-hybridized carbons (Fsp3) is 0.471. The summed E-state index contributed by atoms with van der Waals surface area (Å²) in [4.78, 5) is 36.8. The molecule has 24 heavy (non-hydrogen) atoms. The van der Waals surface area contributed by atoms with Gasteiger partial charge in [0.2, 0.25) is 0 Å². The van der Waals surface area contributed by atoms with Crippen LogP contribution in [0.2, 0.25) is 0 Å².